The second-order valence-corrected chi connectivity index (χ2v) is 9.98. The van der Waals surface area contributed by atoms with Crippen molar-refractivity contribution >= 4 is 32.8 Å². The molecule has 0 aliphatic carbocycles. The van der Waals surface area contributed by atoms with Crippen LogP contribution in [0.5, 0.6) is 0 Å². The first kappa shape index (κ1) is 22.4. The van der Waals surface area contributed by atoms with Crippen LogP contribution in [0.15, 0.2) is 108 Å². The summed E-state index contributed by atoms with van der Waals surface area (Å²) < 4.78 is 6.28. The molecule has 0 fully saturated rings. The molecule has 0 saturated heterocycles. The lowest BCUT2D eigenvalue weighted by atomic mass is 9.94. The SMILES string of the molecule is Cc1cccc(C)c1-c1ccc2c(C)c(-c3ccnc(-c4cccc5c4oc4ccccc45)c3)ccc2n1. The summed E-state index contributed by atoms with van der Waals surface area (Å²) in [6, 6.07) is 33.8. The van der Waals surface area contributed by atoms with Gasteiger partial charge >= 0.3 is 0 Å². The van der Waals surface area contributed by atoms with Crippen molar-refractivity contribution in [1.29, 1.82) is 0 Å². The molecule has 0 unspecified atom stereocenters. The molecule has 4 aromatic carbocycles. The monoisotopic (exact) mass is 490 g/mol. The molecule has 0 saturated carbocycles. The second-order valence-electron chi connectivity index (χ2n) is 9.98. The standard InChI is InChI=1S/C35H26N2O/c1-21-8-6-9-22(2)34(21)31-17-15-26-23(3)25(14-16-30(26)37-31)24-18-19-36-32(20-24)29-12-7-11-28-27-10-4-5-13-33(27)38-35(28)29/h4-20H,1-3H3. The van der Waals surface area contributed by atoms with Crippen molar-refractivity contribution in [3.05, 3.63) is 120 Å². The van der Waals surface area contributed by atoms with Gasteiger partial charge in [0.25, 0.3) is 0 Å². The average molecular weight is 491 g/mol. The number of benzene rings is 4. The molecular weight excluding hydrogens is 464 g/mol. The number of aromatic nitrogens is 2. The first-order valence-electron chi connectivity index (χ1n) is 12.9. The molecule has 0 bridgehead atoms. The zero-order valence-corrected chi connectivity index (χ0v) is 21.6. The normalized spacial score (nSPS) is 11.6. The minimum atomic E-state index is 0.872. The van der Waals surface area contributed by atoms with E-state index < -0.39 is 0 Å². The fourth-order valence-electron chi connectivity index (χ4n) is 5.72. The number of hydrogen-bond acceptors (Lipinski definition) is 3. The Balaban J connectivity index is 1.34. The lowest BCUT2D eigenvalue weighted by Crippen LogP contribution is -1.94. The molecule has 7 aromatic rings. The molecule has 0 N–H and O–H groups in total. The molecule has 3 aromatic heterocycles. The van der Waals surface area contributed by atoms with E-state index in [0.29, 0.717) is 0 Å². The van der Waals surface area contributed by atoms with E-state index in [4.69, 9.17) is 14.4 Å². The molecule has 3 heteroatoms. The van der Waals surface area contributed by atoms with E-state index in [1.54, 1.807) is 0 Å². The van der Waals surface area contributed by atoms with Crippen LogP contribution in [0.4, 0.5) is 0 Å². The summed E-state index contributed by atoms with van der Waals surface area (Å²) in [4.78, 5) is 9.79. The molecule has 3 heterocycles. The highest BCUT2D eigenvalue weighted by atomic mass is 16.3. The number of aryl methyl sites for hydroxylation is 3. The molecule has 7 rings (SSSR count). The van der Waals surface area contributed by atoms with Crippen LogP contribution in [-0.2, 0) is 0 Å². The maximum atomic E-state index is 6.28. The summed E-state index contributed by atoms with van der Waals surface area (Å²) in [6.45, 7) is 6.48. The van der Waals surface area contributed by atoms with Gasteiger partial charge in [-0.15, -0.1) is 0 Å². The number of rotatable bonds is 3. The Bertz CT molecular complexity index is 2000. The van der Waals surface area contributed by atoms with Crippen molar-refractivity contribution < 1.29 is 4.42 Å². The number of fused-ring (bicyclic) bond motifs is 4. The van der Waals surface area contributed by atoms with Gasteiger partial charge < -0.3 is 4.42 Å². The van der Waals surface area contributed by atoms with Crippen LogP contribution in [-0.4, -0.2) is 9.97 Å². The van der Waals surface area contributed by atoms with E-state index in [1.165, 1.54) is 27.8 Å². The van der Waals surface area contributed by atoms with Gasteiger partial charge in [0.2, 0.25) is 0 Å². The number of furan rings is 1. The second kappa shape index (κ2) is 8.67. The van der Waals surface area contributed by atoms with Crippen LogP contribution >= 0.6 is 0 Å². The van der Waals surface area contributed by atoms with Crippen LogP contribution in [0.2, 0.25) is 0 Å². The average Bonchev–Trinajstić information content (AvgIpc) is 3.32. The van der Waals surface area contributed by atoms with E-state index in [9.17, 15) is 0 Å². The van der Waals surface area contributed by atoms with Crippen LogP contribution in [0, 0.1) is 20.8 Å². The Morgan fingerprint density at radius 2 is 1.39 bits per heavy atom. The predicted molar refractivity (Wildman–Crippen MR) is 157 cm³/mol. The van der Waals surface area contributed by atoms with Gasteiger partial charge in [0.1, 0.15) is 11.2 Å². The van der Waals surface area contributed by atoms with Crippen LogP contribution < -0.4 is 0 Å². The smallest absolute Gasteiger partial charge is 0.144 e. The number of hydrogen-bond donors (Lipinski definition) is 0. The van der Waals surface area contributed by atoms with Crippen molar-refractivity contribution in [2.24, 2.45) is 0 Å². The molecular formula is C35H26N2O. The Morgan fingerprint density at radius 3 is 2.26 bits per heavy atom. The molecule has 0 atom stereocenters. The third kappa shape index (κ3) is 3.51. The van der Waals surface area contributed by atoms with Gasteiger partial charge in [-0.1, -0.05) is 60.7 Å². The molecule has 0 aliphatic heterocycles. The summed E-state index contributed by atoms with van der Waals surface area (Å²) in [5.41, 5.74) is 12.9. The van der Waals surface area contributed by atoms with Crippen molar-refractivity contribution in [3.8, 4) is 33.6 Å². The Hall–Kier alpha value is -4.76. The molecule has 182 valence electrons. The van der Waals surface area contributed by atoms with Gasteiger partial charge in [0.05, 0.1) is 16.9 Å². The number of para-hydroxylation sites is 2. The number of pyridine rings is 2. The van der Waals surface area contributed by atoms with E-state index >= 15 is 0 Å². The van der Waals surface area contributed by atoms with Crippen molar-refractivity contribution in [2.45, 2.75) is 20.8 Å². The van der Waals surface area contributed by atoms with Crippen molar-refractivity contribution in [1.82, 2.24) is 9.97 Å². The summed E-state index contributed by atoms with van der Waals surface area (Å²) >= 11 is 0. The highest BCUT2D eigenvalue weighted by Crippen LogP contribution is 2.37. The Kier molecular flexibility index (Phi) is 5.12. The van der Waals surface area contributed by atoms with Gasteiger partial charge in [0, 0.05) is 33.5 Å². The van der Waals surface area contributed by atoms with E-state index in [-0.39, 0.29) is 0 Å². The summed E-state index contributed by atoms with van der Waals surface area (Å²) in [5.74, 6) is 0. The maximum Gasteiger partial charge on any atom is 0.144 e. The molecule has 0 aliphatic rings. The Labute approximate surface area is 221 Å². The molecule has 3 nitrogen and oxygen atoms in total. The summed E-state index contributed by atoms with van der Waals surface area (Å²) in [6.07, 6.45) is 1.89. The first-order chi connectivity index (χ1) is 18.6. The van der Waals surface area contributed by atoms with E-state index in [0.717, 1.165) is 55.4 Å². The van der Waals surface area contributed by atoms with Gasteiger partial charge in [0.15, 0.2) is 0 Å². The van der Waals surface area contributed by atoms with E-state index in [2.05, 4.69) is 99.6 Å². The van der Waals surface area contributed by atoms with E-state index in [1.807, 2.05) is 24.4 Å². The van der Waals surface area contributed by atoms with Crippen LogP contribution in [0.25, 0.3) is 66.5 Å². The van der Waals surface area contributed by atoms with Crippen LogP contribution in [0.3, 0.4) is 0 Å². The molecule has 0 radical (unpaired) electrons. The fourth-order valence-corrected chi connectivity index (χ4v) is 5.72. The van der Waals surface area contributed by atoms with Gasteiger partial charge in [-0.25, -0.2) is 4.98 Å². The summed E-state index contributed by atoms with van der Waals surface area (Å²) in [5, 5.41) is 3.40. The summed E-state index contributed by atoms with van der Waals surface area (Å²) in [7, 11) is 0. The largest absolute Gasteiger partial charge is 0.455 e. The minimum Gasteiger partial charge on any atom is -0.455 e. The first-order valence-corrected chi connectivity index (χ1v) is 12.9. The number of nitrogens with zero attached hydrogens (tertiary/aromatic N) is 2. The van der Waals surface area contributed by atoms with Gasteiger partial charge in [-0.05, 0) is 85.0 Å². The van der Waals surface area contributed by atoms with Gasteiger partial charge in [-0.3, -0.25) is 4.98 Å². The zero-order chi connectivity index (χ0) is 25.8. The highest BCUT2D eigenvalue weighted by molar-refractivity contribution is 6.09. The quantitative estimate of drug-likeness (QED) is 0.248. The van der Waals surface area contributed by atoms with Gasteiger partial charge in [-0.2, -0.15) is 0 Å². The topological polar surface area (TPSA) is 38.9 Å². The van der Waals surface area contributed by atoms with Crippen LogP contribution in [0.1, 0.15) is 16.7 Å². The molecule has 0 amide bonds. The maximum absolute atomic E-state index is 6.28. The predicted octanol–water partition coefficient (Wildman–Crippen LogP) is 9.46. The molecule has 0 spiro atoms. The molecule has 38 heavy (non-hydrogen) atoms. The zero-order valence-electron chi connectivity index (χ0n) is 21.6. The fraction of sp³-hybridized carbons (Fsp3) is 0.0857. The third-order valence-electron chi connectivity index (χ3n) is 7.63. The highest BCUT2D eigenvalue weighted by Gasteiger charge is 2.15. The Morgan fingerprint density at radius 1 is 0.605 bits per heavy atom. The third-order valence-corrected chi connectivity index (χ3v) is 7.63. The lowest BCUT2D eigenvalue weighted by molar-refractivity contribution is 0.670. The van der Waals surface area contributed by atoms with Crippen molar-refractivity contribution in [2.75, 3.05) is 0 Å². The minimum absolute atomic E-state index is 0.872. The van der Waals surface area contributed by atoms with Crippen molar-refractivity contribution in [3.63, 3.8) is 0 Å². The lowest BCUT2D eigenvalue weighted by Gasteiger charge is -2.13.